The van der Waals surface area contributed by atoms with E-state index in [4.69, 9.17) is 19.5 Å². The zero-order valence-corrected chi connectivity index (χ0v) is 32.4. The number of phenols is 2. The van der Waals surface area contributed by atoms with E-state index in [1.165, 1.54) is 43.0 Å². The van der Waals surface area contributed by atoms with Crippen molar-refractivity contribution >= 4 is 29.0 Å². The summed E-state index contributed by atoms with van der Waals surface area (Å²) in [7, 11) is 1.53. The van der Waals surface area contributed by atoms with Gasteiger partial charge in [-0.15, -0.1) is 0 Å². The van der Waals surface area contributed by atoms with Gasteiger partial charge < -0.3 is 40.4 Å². The van der Waals surface area contributed by atoms with E-state index in [1.807, 2.05) is 19.1 Å². The van der Waals surface area contributed by atoms with Crippen LogP contribution in [0.15, 0.2) is 72.8 Å². The van der Waals surface area contributed by atoms with Gasteiger partial charge in [-0.3, -0.25) is 4.79 Å². The molecule has 54 heavy (non-hydrogen) atoms. The molecule has 0 aliphatic carbocycles. The molecule has 1 unspecified atom stereocenters. The number of nitriles is 1. The van der Waals surface area contributed by atoms with Crippen LogP contribution < -0.4 is 30.2 Å². The second-order valence-corrected chi connectivity index (χ2v) is 14.5. The van der Waals surface area contributed by atoms with Crippen molar-refractivity contribution in [3.05, 3.63) is 89.5 Å². The zero-order chi connectivity index (χ0) is 39.6. The second-order valence-electron chi connectivity index (χ2n) is 14.5. The summed E-state index contributed by atoms with van der Waals surface area (Å²) in [5, 5.41) is 39.6. The average molecular weight is 737 g/mol. The van der Waals surface area contributed by atoms with Crippen LogP contribution in [-0.4, -0.2) is 35.4 Å². The number of hydrogen-bond donors (Lipinski definition) is 5. The highest BCUT2D eigenvalue weighted by atomic mass is 16.5. The fraction of sp³-hybridized carbons (Fsp3) is 0.372. The highest BCUT2D eigenvalue weighted by molar-refractivity contribution is 6.04. The van der Waals surface area contributed by atoms with E-state index in [0.717, 1.165) is 24.8 Å². The first-order valence-corrected chi connectivity index (χ1v) is 18.3. The Bertz CT molecular complexity index is 1970. The third-order valence-electron chi connectivity index (χ3n) is 9.92. The molecule has 0 heterocycles. The SMILES string of the molecule is CCCCC(Oc1ccc(C(C)(C)CC)cc1C(C)(C)CC)C(=O)Nc1cc(O)c(NC(=O)Nc2ccc(C#N)cc2)c(O)c1Oc1ccc(OC)cc1. The monoisotopic (exact) mass is 736 g/mol. The molecule has 1 atom stereocenters. The number of methoxy groups -OCH3 is 1. The van der Waals surface area contributed by atoms with E-state index in [9.17, 15) is 19.8 Å². The number of rotatable bonds is 16. The average Bonchev–Trinajstić information content (AvgIpc) is 3.16. The van der Waals surface area contributed by atoms with E-state index in [1.54, 1.807) is 24.3 Å². The minimum absolute atomic E-state index is 0.0499. The van der Waals surface area contributed by atoms with Gasteiger partial charge in [-0.2, -0.15) is 5.26 Å². The molecule has 5 N–H and O–H groups in total. The number of carbonyl (C=O) groups is 2. The molecule has 0 radical (unpaired) electrons. The van der Waals surface area contributed by atoms with Gasteiger partial charge >= 0.3 is 6.03 Å². The molecule has 0 bridgehead atoms. The highest BCUT2D eigenvalue weighted by Gasteiger charge is 2.31. The Hall–Kier alpha value is -5.89. The van der Waals surface area contributed by atoms with Crippen molar-refractivity contribution in [1.82, 2.24) is 0 Å². The molecule has 4 rings (SSSR count). The number of amides is 3. The van der Waals surface area contributed by atoms with Crippen LogP contribution >= 0.6 is 0 Å². The normalized spacial score (nSPS) is 11.9. The van der Waals surface area contributed by atoms with Crippen molar-refractivity contribution in [3.8, 4) is 40.6 Å². The number of nitrogens with zero attached hydrogens (tertiary/aromatic N) is 1. The van der Waals surface area contributed by atoms with Crippen LogP contribution in [0.1, 0.15) is 97.3 Å². The molecule has 0 aromatic heterocycles. The van der Waals surface area contributed by atoms with Gasteiger partial charge in [-0.1, -0.05) is 67.0 Å². The molecular formula is C43H52N4O7. The number of nitrogens with one attached hydrogen (secondary N) is 3. The maximum absolute atomic E-state index is 14.2. The van der Waals surface area contributed by atoms with Crippen LogP contribution in [0.5, 0.6) is 34.5 Å². The van der Waals surface area contributed by atoms with Gasteiger partial charge in [-0.25, -0.2) is 4.79 Å². The number of carbonyl (C=O) groups excluding carboxylic acids is 2. The van der Waals surface area contributed by atoms with E-state index in [0.29, 0.717) is 35.6 Å². The van der Waals surface area contributed by atoms with Gasteiger partial charge in [0.25, 0.3) is 5.91 Å². The van der Waals surface area contributed by atoms with E-state index in [2.05, 4.69) is 69.6 Å². The van der Waals surface area contributed by atoms with Gasteiger partial charge in [-0.05, 0) is 96.7 Å². The molecule has 4 aromatic rings. The number of urea groups is 1. The predicted octanol–water partition coefficient (Wildman–Crippen LogP) is 10.4. The summed E-state index contributed by atoms with van der Waals surface area (Å²) in [5.74, 6) is -0.453. The quantitative estimate of drug-likeness (QED) is 0.0710. The summed E-state index contributed by atoms with van der Waals surface area (Å²) in [5.41, 5.74) is 2.28. The Labute approximate surface area is 318 Å². The lowest BCUT2D eigenvalue weighted by atomic mass is 9.76. The molecule has 0 saturated heterocycles. The molecule has 0 spiro atoms. The number of benzene rings is 4. The highest BCUT2D eigenvalue weighted by Crippen LogP contribution is 2.48. The first-order valence-electron chi connectivity index (χ1n) is 18.3. The van der Waals surface area contributed by atoms with Crippen LogP contribution in [-0.2, 0) is 15.6 Å². The fourth-order valence-electron chi connectivity index (χ4n) is 5.60. The molecule has 286 valence electrons. The number of hydrogen-bond acceptors (Lipinski definition) is 8. The van der Waals surface area contributed by atoms with Crippen molar-refractivity contribution in [2.45, 2.75) is 97.5 Å². The standard InChI is InChI=1S/C43H52N4O7/c1-9-12-13-36(54-35-23-16-28(42(4,5)10-2)24-32(35)43(6,7)11-3)40(50)46-33-25-34(48)37(47-41(51)45-29-17-14-27(26-44)15-18-29)38(49)39(33)53-31-21-19-30(52-8)20-22-31/h14-25,36,48-49H,9-13H2,1-8H3,(H,46,50)(H2,45,47,51). The molecular weight excluding hydrogens is 684 g/mol. The molecule has 3 amide bonds. The Morgan fingerprint density at radius 1 is 0.833 bits per heavy atom. The Balaban J connectivity index is 1.72. The largest absolute Gasteiger partial charge is 0.506 e. The second kappa shape index (κ2) is 17.8. The molecule has 0 aliphatic heterocycles. The predicted molar refractivity (Wildman–Crippen MR) is 212 cm³/mol. The maximum Gasteiger partial charge on any atom is 0.323 e. The van der Waals surface area contributed by atoms with Crippen molar-refractivity contribution in [1.29, 1.82) is 5.26 Å². The molecule has 11 nitrogen and oxygen atoms in total. The maximum atomic E-state index is 14.2. The van der Waals surface area contributed by atoms with Crippen LogP contribution in [0.2, 0.25) is 0 Å². The lowest BCUT2D eigenvalue weighted by molar-refractivity contribution is -0.123. The number of aromatic hydroxyl groups is 2. The molecule has 0 fully saturated rings. The van der Waals surface area contributed by atoms with E-state index in [-0.39, 0.29) is 33.7 Å². The molecule has 11 heteroatoms. The van der Waals surface area contributed by atoms with Crippen LogP contribution in [0, 0.1) is 11.3 Å². The lowest BCUT2D eigenvalue weighted by Gasteiger charge is -2.31. The van der Waals surface area contributed by atoms with Crippen molar-refractivity contribution in [3.63, 3.8) is 0 Å². The lowest BCUT2D eigenvalue weighted by Crippen LogP contribution is -2.34. The number of ether oxygens (including phenoxy) is 3. The number of anilines is 3. The molecule has 0 aliphatic rings. The Morgan fingerprint density at radius 3 is 2.07 bits per heavy atom. The summed E-state index contributed by atoms with van der Waals surface area (Å²) in [4.78, 5) is 27.1. The zero-order valence-electron chi connectivity index (χ0n) is 32.4. The van der Waals surface area contributed by atoms with Crippen molar-refractivity contribution in [2.24, 2.45) is 0 Å². The molecule has 0 saturated carbocycles. The summed E-state index contributed by atoms with van der Waals surface area (Å²) < 4.78 is 17.9. The van der Waals surface area contributed by atoms with Crippen LogP contribution in [0.4, 0.5) is 21.9 Å². The summed E-state index contributed by atoms with van der Waals surface area (Å²) in [6.07, 6.45) is 2.80. The van der Waals surface area contributed by atoms with Crippen molar-refractivity contribution in [2.75, 3.05) is 23.1 Å². The Kier molecular flexibility index (Phi) is 13.4. The van der Waals surface area contributed by atoms with Crippen LogP contribution in [0.25, 0.3) is 0 Å². The summed E-state index contributed by atoms with van der Waals surface area (Å²) in [6.45, 7) is 15.1. The van der Waals surface area contributed by atoms with Gasteiger partial charge in [0.2, 0.25) is 0 Å². The minimum Gasteiger partial charge on any atom is -0.506 e. The third kappa shape index (κ3) is 9.95. The third-order valence-corrected chi connectivity index (χ3v) is 9.92. The van der Waals surface area contributed by atoms with Gasteiger partial charge in [0.05, 0.1) is 24.4 Å². The van der Waals surface area contributed by atoms with E-state index >= 15 is 0 Å². The summed E-state index contributed by atoms with van der Waals surface area (Å²) >= 11 is 0. The van der Waals surface area contributed by atoms with Crippen molar-refractivity contribution < 1.29 is 34.0 Å². The summed E-state index contributed by atoms with van der Waals surface area (Å²) in [6, 6.07) is 21.3. The minimum atomic E-state index is -0.935. The topological polar surface area (TPSA) is 162 Å². The first-order chi connectivity index (χ1) is 25.7. The molecule has 4 aromatic carbocycles. The van der Waals surface area contributed by atoms with Gasteiger partial charge in [0.15, 0.2) is 17.6 Å². The smallest absolute Gasteiger partial charge is 0.323 e. The number of phenolic OH excluding ortho intramolecular Hbond substituents is 2. The first kappa shape index (κ1) is 40.9. The number of unbranched alkanes of at least 4 members (excludes halogenated alkanes) is 1. The Morgan fingerprint density at radius 2 is 1.48 bits per heavy atom. The van der Waals surface area contributed by atoms with E-state index < -0.39 is 29.5 Å². The van der Waals surface area contributed by atoms with Gasteiger partial charge in [0.1, 0.15) is 28.7 Å². The fourth-order valence-corrected chi connectivity index (χ4v) is 5.60. The van der Waals surface area contributed by atoms with Crippen LogP contribution in [0.3, 0.4) is 0 Å². The van der Waals surface area contributed by atoms with Gasteiger partial charge in [0, 0.05) is 17.3 Å².